The van der Waals surface area contributed by atoms with Gasteiger partial charge in [0.05, 0.1) is 12.6 Å². The molecular weight excluding hydrogens is 372 g/mol. The van der Waals surface area contributed by atoms with Gasteiger partial charge >= 0.3 is 0 Å². The SMILES string of the molecule is C[S+](C[C@H]1O[C@@H](n2cnc3c(N)ncnc32)[C@H](O)[C@@H]1O)[C@H]1C=C[C@H](ON)C1. The molecule has 11 heteroatoms. The number of anilines is 1. The minimum atomic E-state index is -1.10. The second kappa shape index (κ2) is 7.34. The molecular formula is C16H23N6O4S+. The van der Waals surface area contributed by atoms with Gasteiger partial charge in [0.1, 0.15) is 47.3 Å². The summed E-state index contributed by atoms with van der Waals surface area (Å²) in [5.41, 5.74) is 6.70. The molecule has 10 nitrogen and oxygen atoms in total. The molecule has 1 aliphatic heterocycles. The second-order valence-electron chi connectivity index (χ2n) is 6.82. The monoisotopic (exact) mass is 395 g/mol. The van der Waals surface area contributed by atoms with Crippen LogP contribution in [-0.2, 0) is 20.5 Å². The van der Waals surface area contributed by atoms with E-state index in [1.54, 1.807) is 4.57 Å². The Kier molecular flexibility index (Phi) is 5.05. The van der Waals surface area contributed by atoms with Crippen molar-refractivity contribution in [3.8, 4) is 0 Å². The number of rotatable bonds is 5. The number of hydrogen-bond acceptors (Lipinski definition) is 9. The zero-order valence-electron chi connectivity index (χ0n) is 14.8. The van der Waals surface area contributed by atoms with Gasteiger partial charge in [0, 0.05) is 6.42 Å². The molecule has 0 radical (unpaired) electrons. The molecule has 6 N–H and O–H groups in total. The molecule has 0 saturated carbocycles. The van der Waals surface area contributed by atoms with Gasteiger partial charge in [-0.15, -0.1) is 0 Å². The van der Waals surface area contributed by atoms with Crippen LogP contribution < -0.4 is 11.6 Å². The average Bonchev–Trinajstić information content (AvgIpc) is 3.36. The number of imidazole rings is 1. The molecule has 4 rings (SSSR count). The number of nitrogen functional groups attached to an aromatic ring is 1. The Bertz CT molecular complexity index is 847. The summed E-state index contributed by atoms with van der Waals surface area (Å²) in [6, 6.07) is 0. The fourth-order valence-electron chi connectivity index (χ4n) is 3.57. The molecule has 0 amide bonds. The summed E-state index contributed by atoms with van der Waals surface area (Å²) >= 11 is 0. The maximum atomic E-state index is 10.5. The minimum Gasteiger partial charge on any atom is -0.387 e. The smallest absolute Gasteiger partial charge is 0.167 e. The van der Waals surface area contributed by atoms with E-state index < -0.39 is 24.5 Å². The molecule has 1 unspecified atom stereocenters. The number of aliphatic hydroxyl groups is 2. The van der Waals surface area contributed by atoms with Gasteiger partial charge in [-0.2, -0.15) is 0 Å². The van der Waals surface area contributed by atoms with E-state index in [9.17, 15) is 10.2 Å². The topological polar surface area (TPSA) is 155 Å². The number of nitrogens with zero attached hydrogens (tertiary/aromatic N) is 4. The summed E-state index contributed by atoms with van der Waals surface area (Å²) in [7, 11) is -0.0746. The average molecular weight is 395 g/mol. The van der Waals surface area contributed by atoms with Crippen molar-refractivity contribution < 1.29 is 19.8 Å². The number of nitrogens with two attached hydrogens (primary N) is 2. The first-order chi connectivity index (χ1) is 13.0. The highest BCUT2D eigenvalue weighted by Crippen LogP contribution is 2.33. The van der Waals surface area contributed by atoms with E-state index in [1.165, 1.54) is 12.7 Å². The third-order valence-corrected chi connectivity index (χ3v) is 7.36. The molecule has 7 atom stereocenters. The fourth-order valence-corrected chi connectivity index (χ4v) is 5.49. The molecule has 1 fully saturated rings. The number of ether oxygens (including phenoxy) is 1. The Morgan fingerprint density at radius 3 is 2.85 bits per heavy atom. The lowest BCUT2D eigenvalue weighted by molar-refractivity contribution is -0.0290. The van der Waals surface area contributed by atoms with Gasteiger partial charge in [-0.25, -0.2) is 20.8 Å². The van der Waals surface area contributed by atoms with Crippen LogP contribution in [-0.4, -0.2) is 71.4 Å². The highest BCUT2D eigenvalue weighted by atomic mass is 32.2. The van der Waals surface area contributed by atoms with Crippen LogP contribution in [0.4, 0.5) is 5.82 Å². The van der Waals surface area contributed by atoms with Crippen molar-refractivity contribution in [3.63, 3.8) is 0 Å². The zero-order valence-corrected chi connectivity index (χ0v) is 15.6. The van der Waals surface area contributed by atoms with Gasteiger partial charge in [-0.05, 0) is 17.0 Å². The van der Waals surface area contributed by atoms with Crippen LogP contribution in [0.5, 0.6) is 0 Å². The number of hydrogen-bond donors (Lipinski definition) is 4. The van der Waals surface area contributed by atoms with Crippen LogP contribution >= 0.6 is 0 Å². The van der Waals surface area contributed by atoms with E-state index >= 15 is 0 Å². The van der Waals surface area contributed by atoms with Crippen LogP contribution in [0.25, 0.3) is 11.2 Å². The molecule has 3 heterocycles. The molecule has 0 bridgehead atoms. The summed E-state index contributed by atoms with van der Waals surface area (Å²) in [4.78, 5) is 17.2. The lowest BCUT2D eigenvalue weighted by atomic mass is 10.1. The summed E-state index contributed by atoms with van der Waals surface area (Å²) in [5, 5.41) is 21.4. The van der Waals surface area contributed by atoms with Crippen molar-refractivity contribution >= 4 is 27.9 Å². The third kappa shape index (κ3) is 3.30. The Morgan fingerprint density at radius 2 is 2.11 bits per heavy atom. The summed E-state index contributed by atoms with van der Waals surface area (Å²) < 4.78 is 7.60. The minimum absolute atomic E-state index is 0.0693. The largest absolute Gasteiger partial charge is 0.387 e. The number of aromatic nitrogens is 4. The van der Waals surface area contributed by atoms with Crippen molar-refractivity contribution in [1.82, 2.24) is 19.5 Å². The van der Waals surface area contributed by atoms with Crippen molar-refractivity contribution in [1.29, 1.82) is 0 Å². The summed E-state index contributed by atoms with van der Waals surface area (Å²) in [6.45, 7) is 0. The summed E-state index contributed by atoms with van der Waals surface area (Å²) in [5.74, 6) is 6.12. The van der Waals surface area contributed by atoms with Crippen LogP contribution in [0.15, 0.2) is 24.8 Å². The maximum Gasteiger partial charge on any atom is 0.167 e. The van der Waals surface area contributed by atoms with Gasteiger partial charge in [0.15, 0.2) is 17.7 Å². The van der Waals surface area contributed by atoms with E-state index in [-0.39, 0.29) is 22.8 Å². The fraction of sp³-hybridized carbons (Fsp3) is 0.562. The number of aliphatic hydroxyl groups excluding tert-OH is 2. The third-order valence-electron chi connectivity index (χ3n) is 5.12. The standard InChI is InChI=1S/C16H23N6O4S/c1-27(9-3-2-8(4-9)26-18)5-10-12(23)13(24)16(25-10)22-7-21-11-14(17)19-6-20-15(11)22/h2-3,6-10,12-13,16,23-24H,4-5,18H2,1H3,(H2,17,19,20)/q+1/t8-,9-,10+,12+,13+,16+,27?/m0/s1. The molecule has 146 valence electrons. The van der Waals surface area contributed by atoms with Crippen LogP contribution in [0.1, 0.15) is 12.6 Å². The quantitative estimate of drug-likeness (QED) is 0.279. The predicted octanol–water partition coefficient (Wildman–Crippen LogP) is -1.14. The van der Waals surface area contributed by atoms with Crippen molar-refractivity contribution in [3.05, 3.63) is 24.8 Å². The normalized spacial score (nSPS) is 34.5. The van der Waals surface area contributed by atoms with Gasteiger partial charge < -0.3 is 20.7 Å². The molecule has 2 aliphatic rings. The van der Waals surface area contributed by atoms with Crippen LogP contribution in [0.2, 0.25) is 0 Å². The molecule has 0 spiro atoms. The lowest BCUT2D eigenvalue weighted by Gasteiger charge is -2.17. The van der Waals surface area contributed by atoms with E-state index in [0.29, 0.717) is 22.2 Å². The van der Waals surface area contributed by atoms with Crippen LogP contribution in [0, 0.1) is 0 Å². The Hall–Kier alpha value is -1.76. The number of fused-ring (bicyclic) bond motifs is 1. The van der Waals surface area contributed by atoms with E-state index in [4.69, 9.17) is 21.2 Å². The molecule has 2 aromatic rings. The van der Waals surface area contributed by atoms with Crippen molar-refractivity contribution in [2.24, 2.45) is 5.90 Å². The van der Waals surface area contributed by atoms with Crippen LogP contribution in [0.3, 0.4) is 0 Å². The molecule has 1 saturated heterocycles. The van der Waals surface area contributed by atoms with E-state index in [0.717, 1.165) is 6.42 Å². The highest BCUT2D eigenvalue weighted by Gasteiger charge is 2.47. The maximum absolute atomic E-state index is 10.5. The first kappa shape index (κ1) is 18.6. The zero-order chi connectivity index (χ0) is 19.1. The Morgan fingerprint density at radius 1 is 1.30 bits per heavy atom. The second-order valence-corrected chi connectivity index (χ2v) is 9.14. The lowest BCUT2D eigenvalue weighted by Crippen LogP contribution is -2.37. The van der Waals surface area contributed by atoms with Gasteiger partial charge in [-0.1, -0.05) is 6.08 Å². The highest BCUT2D eigenvalue weighted by molar-refractivity contribution is 7.97. The van der Waals surface area contributed by atoms with Crippen molar-refractivity contribution in [2.75, 3.05) is 17.7 Å². The molecule has 0 aromatic carbocycles. The first-order valence-corrected chi connectivity index (χ1v) is 10.5. The van der Waals surface area contributed by atoms with Gasteiger partial charge in [0.2, 0.25) is 0 Å². The predicted molar refractivity (Wildman–Crippen MR) is 100 cm³/mol. The molecule has 2 aromatic heterocycles. The van der Waals surface area contributed by atoms with Gasteiger partial charge in [-0.3, -0.25) is 9.40 Å². The van der Waals surface area contributed by atoms with Crippen molar-refractivity contribution in [2.45, 2.75) is 42.3 Å². The van der Waals surface area contributed by atoms with E-state index in [2.05, 4.69) is 27.3 Å². The Labute approximate surface area is 158 Å². The van der Waals surface area contributed by atoms with Gasteiger partial charge in [0.25, 0.3) is 0 Å². The summed E-state index contributed by atoms with van der Waals surface area (Å²) in [6.07, 6.45) is 6.34. The Balaban J connectivity index is 1.49. The first-order valence-electron chi connectivity index (χ1n) is 8.59. The molecule has 1 aliphatic carbocycles. The van der Waals surface area contributed by atoms with E-state index in [1.807, 2.05) is 6.08 Å². The molecule has 27 heavy (non-hydrogen) atoms.